The first-order valence-electron chi connectivity index (χ1n) is 8.54. The van der Waals surface area contributed by atoms with E-state index in [1.807, 2.05) is 31.2 Å². The lowest BCUT2D eigenvalue weighted by molar-refractivity contribution is 0.340. The number of nitrogens with zero attached hydrogens (tertiary/aromatic N) is 1. The number of hydrogen-bond acceptors (Lipinski definition) is 5. The van der Waals surface area contributed by atoms with Gasteiger partial charge in [0, 0.05) is 6.21 Å². The van der Waals surface area contributed by atoms with E-state index in [1.54, 1.807) is 36.5 Å². The molecule has 0 aromatic heterocycles. The average Bonchev–Trinajstić information content (AvgIpc) is 2.70. The highest BCUT2D eigenvalue weighted by Crippen LogP contribution is 2.28. The Morgan fingerprint density at radius 2 is 1.71 bits per heavy atom. The van der Waals surface area contributed by atoms with Gasteiger partial charge >= 0.3 is 10.1 Å². The Balaban J connectivity index is 1.73. The van der Waals surface area contributed by atoms with Gasteiger partial charge in [-0.15, -0.1) is 0 Å². The number of halogens is 1. The Labute approximate surface area is 169 Å². The van der Waals surface area contributed by atoms with E-state index in [1.165, 1.54) is 18.2 Å². The normalized spacial score (nSPS) is 11.5. The largest absolute Gasteiger partial charge is 0.494 e. The van der Waals surface area contributed by atoms with Crippen LogP contribution in [0.4, 0.5) is 5.69 Å². The van der Waals surface area contributed by atoms with Gasteiger partial charge in [-0.05, 0) is 67.1 Å². The van der Waals surface area contributed by atoms with Crippen molar-refractivity contribution >= 4 is 33.6 Å². The smallest absolute Gasteiger partial charge is 0.339 e. The molecule has 28 heavy (non-hydrogen) atoms. The molecule has 0 aliphatic rings. The van der Waals surface area contributed by atoms with E-state index in [4.69, 9.17) is 20.5 Å². The van der Waals surface area contributed by atoms with Crippen LogP contribution >= 0.6 is 11.6 Å². The minimum Gasteiger partial charge on any atom is -0.494 e. The van der Waals surface area contributed by atoms with Crippen molar-refractivity contribution < 1.29 is 17.3 Å². The predicted molar refractivity (Wildman–Crippen MR) is 111 cm³/mol. The third kappa shape index (κ3) is 5.12. The van der Waals surface area contributed by atoms with Crippen LogP contribution < -0.4 is 8.92 Å². The third-order valence-electron chi connectivity index (χ3n) is 3.70. The molecular weight excluding hydrogens is 398 g/mol. The minimum atomic E-state index is -3.94. The lowest BCUT2D eigenvalue weighted by atomic mass is 10.2. The summed E-state index contributed by atoms with van der Waals surface area (Å²) in [6, 6.07) is 20.0. The maximum atomic E-state index is 12.3. The fraction of sp³-hybridized carbons (Fsp3) is 0.0952. The summed E-state index contributed by atoms with van der Waals surface area (Å²) in [6.45, 7) is 2.53. The molecule has 0 aliphatic heterocycles. The van der Waals surface area contributed by atoms with Gasteiger partial charge in [-0.25, -0.2) is 0 Å². The third-order valence-corrected chi connectivity index (χ3v) is 5.24. The second-order valence-corrected chi connectivity index (χ2v) is 7.68. The number of hydrogen-bond donors (Lipinski definition) is 0. The molecule has 3 rings (SSSR count). The van der Waals surface area contributed by atoms with E-state index in [-0.39, 0.29) is 15.7 Å². The molecule has 0 heterocycles. The van der Waals surface area contributed by atoms with Crippen LogP contribution in [0.2, 0.25) is 5.02 Å². The molecule has 0 amide bonds. The highest BCUT2D eigenvalue weighted by atomic mass is 35.5. The van der Waals surface area contributed by atoms with E-state index in [0.717, 1.165) is 11.4 Å². The van der Waals surface area contributed by atoms with Crippen LogP contribution in [0.1, 0.15) is 12.5 Å². The van der Waals surface area contributed by atoms with Gasteiger partial charge in [0.2, 0.25) is 0 Å². The predicted octanol–water partition coefficient (Wildman–Crippen LogP) is 5.26. The Hall–Kier alpha value is -2.83. The summed E-state index contributed by atoms with van der Waals surface area (Å²) in [7, 11) is -3.94. The molecule has 3 aromatic carbocycles. The van der Waals surface area contributed by atoms with Crippen LogP contribution in [0.3, 0.4) is 0 Å². The highest BCUT2D eigenvalue weighted by molar-refractivity contribution is 7.87. The van der Waals surface area contributed by atoms with Crippen molar-refractivity contribution in [2.45, 2.75) is 11.8 Å². The van der Waals surface area contributed by atoms with Gasteiger partial charge < -0.3 is 8.92 Å². The Kier molecular flexibility index (Phi) is 6.34. The van der Waals surface area contributed by atoms with E-state index >= 15 is 0 Å². The number of aliphatic imine (C=N–C) groups is 1. The minimum absolute atomic E-state index is 0.0590. The van der Waals surface area contributed by atoms with E-state index in [2.05, 4.69) is 4.99 Å². The maximum absolute atomic E-state index is 12.3. The van der Waals surface area contributed by atoms with E-state index < -0.39 is 10.1 Å². The zero-order valence-corrected chi connectivity index (χ0v) is 16.7. The van der Waals surface area contributed by atoms with Gasteiger partial charge in [0.25, 0.3) is 0 Å². The summed E-state index contributed by atoms with van der Waals surface area (Å²) < 4.78 is 35.2. The van der Waals surface area contributed by atoms with Gasteiger partial charge in [-0.3, -0.25) is 4.99 Å². The van der Waals surface area contributed by atoms with Gasteiger partial charge in [0.05, 0.1) is 17.3 Å². The molecule has 0 radical (unpaired) electrons. The summed E-state index contributed by atoms with van der Waals surface area (Å²) in [5.74, 6) is 0.842. The van der Waals surface area contributed by atoms with Crippen LogP contribution in [-0.4, -0.2) is 21.2 Å². The number of benzene rings is 3. The Morgan fingerprint density at radius 1 is 1.00 bits per heavy atom. The number of ether oxygens (including phenoxy) is 1. The van der Waals surface area contributed by atoms with Crippen LogP contribution in [0.25, 0.3) is 0 Å². The van der Waals surface area contributed by atoms with Crippen molar-refractivity contribution in [2.24, 2.45) is 4.99 Å². The average molecular weight is 416 g/mol. The van der Waals surface area contributed by atoms with Crippen LogP contribution in [0.5, 0.6) is 11.5 Å². The fourth-order valence-electron chi connectivity index (χ4n) is 2.36. The molecule has 0 N–H and O–H groups in total. The summed E-state index contributed by atoms with van der Waals surface area (Å²) in [4.78, 5) is 4.43. The summed E-state index contributed by atoms with van der Waals surface area (Å²) in [5, 5.41) is 0.176. The molecule has 0 fully saturated rings. The number of rotatable bonds is 7. The van der Waals surface area contributed by atoms with Crippen molar-refractivity contribution in [3.63, 3.8) is 0 Å². The molecule has 0 saturated heterocycles. The van der Waals surface area contributed by atoms with Crippen molar-refractivity contribution in [3.8, 4) is 11.5 Å². The van der Waals surface area contributed by atoms with Crippen molar-refractivity contribution in [1.82, 2.24) is 0 Å². The van der Waals surface area contributed by atoms with Crippen LogP contribution in [-0.2, 0) is 10.1 Å². The SMILES string of the molecule is CCOc1ccc(N=Cc2ccc(OS(=O)(=O)c3ccccc3)c(Cl)c2)cc1. The fourth-order valence-corrected chi connectivity index (χ4v) is 3.60. The summed E-state index contributed by atoms with van der Waals surface area (Å²) in [6.07, 6.45) is 1.64. The van der Waals surface area contributed by atoms with Crippen LogP contribution in [0, 0.1) is 0 Å². The Bertz CT molecular complexity index is 1070. The lowest BCUT2D eigenvalue weighted by Crippen LogP contribution is -2.09. The molecule has 0 aliphatic carbocycles. The molecule has 0 unspecified atom stereocenters. The molecule has 3 aromatic rings. The molecular formula is C21H18ClNO4S. The topological polar surface area (TPSA) is 65.0 Å². The molecule has 144 valence electrons. The van der Waals surface area contributed by atoms with Crippen molar-refractivity contribution in [3.05, 3.63) is 83.4 Å². The lowest BCUT2D eigenvalue weighted by Gasteiger charge is -2.09. The second kappa shape index (κ2) is 8.91. The van der Waals surface area contributed by atoms with Crippen molar-refractivity contribution in [1.29, 1.82) is 0 Å². The zero-order valence-electron chi connectivity index (χ0n) is 15.1. The second-order valence-electron chi connectivity index (χ2n) is 5.73. The molecule has 0 atom stereocenters. The monoisotopic (exact) mass is 415 g/mol. The van der Waals surface area contributed by atoms with Gasteiger partial charge in [-0.2, -0.15) is 8.42 Å². The molecule has 0 saturated carbocycles. The van der Waals surface area contributed by atoms with Gasteiger partial charge in [0.1, 0.15) is 10.6 Å². The molecule has 0 bridgehead atoms. The first-order chi connectivity index (χ1) is 13.5. The van der Waals surface area contributed by atoms with Crippen molar-refractivity contribution in [2.75, 3.05) is 6.61 Å². The maximum Gasteiger partial charge on any atom is 0.339 e. The summed E-state index contributed by atoms with van der Waals surface area (Å²) >= 11 is 6.19. The van der Waals surface area contributed by atoms with E-state index in [0.29, 0.717) is 12.2 Å². The molecule has 0 spiro atoms. The van der Waals surface area contributed by atoms with Gasteiger partial charge in [-0.1, -0.05) is 29.8 Å². The first-order valence-corrected chi connectivity index (χ1v) is 10.3. The first kappa shape index (κ1) is 19.9. The standard InChI is InChI=1S/C21H18ClNO4S/c1-2-26-18-11-9-17(10-12-18)23-15-16-8-13-21(20(22)14-16)27-28(24,25)19-6-4-3-5-7-19/h3-15H,2H2,1H3. The quantitative estimate of drug-likeness (QED) is 0.390. The molecule has 7 heteroatoms. The molecule has 5 nitrogen and oxygen atoms in total. The Morgan fingerprint density at radius 3 is 2.36 bits per heavy atom. The summed E-state index contributed by atoms with van der Waals surface area (Å²) in [5.41, 5.74) is 1.47. The van der Waals surface area contributed by atoms with E-state index in [9.17, 15) is 8.42 Å². The highest BCUT2D eigenvalue weighted by Gasteiger charge is 2.17. The van der Waals surface area contributed by atoms with Crippen LogP contribution in [0.15, 0.2) is 82.7 Å². The zero-order chi connectivity index (χ0) is 20.0. The van der Waals surface area contributed by atoms with Gasteiger partial charge in [0.15, 0.2) is 5.75 Å².